The van der Waals surface area contributed by atoms with E-state index in [9.17, 15) is 5.11 Å². The fourth-order valence-corrected chi connectivity index (χ4v) is 7.51. The number of allylic oxidation sites excluding steroid dienone is 5. The molecule has 2 aromatic carbocycles. The number of aliphatic hydroxyl groups is 1. The van der Waals surface area contributed by atoms with Crippen molar-refractivity contribution in [2.75, 3.05) is 27.3 Å². The molecule has 232 valence electrons. The molecule has 4 nitrogen and oxygen atoms in total. The van der Waals surface area contributed by atoms with Gasteiger partial charge in [-0.2, -0.15) is 12.5 Å². The fourth-order valence-electron chi connectivity index (χ4n) is 6.59. The van der Waals surface area contributed by atoms with E-state index in [1.165, 1.54) is 5.56 Å². The second-order valence-corrected chi connectivity index (χ2v) is 13.7. The molecule has 3 saturated heterocycles. The summed E-state index contributed by atoms with van der Waals surface area (Å²) in [6.45, 7) is 18.9. The molecule has 5 atom stereocenters. The Balaban J connectivity index is 0.000000359. The van der Waals surface area contributed by atoms with Crippen LogP contribution in [0.15, 0.2) is 99.0 Å². The maximum absolute atomic E-state index is 11.8. The second-order valence-electron chi connectivity index (χ2n) is 11.5. The van der Waals surface area contributed by atoms with E-state index in [2.05, 4.69) is 57.5 Å². The third-order valence-electron chi connectivity index (χ3n) is 8.94. The smallest absolute Gasteiger partial charge is 0.0759 e. The van der Waals surface area contributed by atoms with Crippen LogP contribution in [0.3, 0.4) is 0 Å². The Hall–Kier alpha value is -2.15. The summed E-state index contributed by atoms with van der Waals surface area (Å²) in [6.07, 6.45) is 11.1. The standard InChI is InChI=1S/C28H32BrNO2.C8H8BrO.Ni/c1-5-20-17-30(18-23-15-24(32-4)10-11-26(23)29)13-12-21(20)16-27(30)28(31)25(6-2)22-9-7-8-19(3)14-22;1-6-5-7(10-2)3-4-8(6)9;/h2,5-8,10-11,14-15,20-21,27-28,31H,1,12-13,16-18H2,3-4H3;3-5H,1H2,2H3;/q;-1;/b25-22-;;/t20-,21?,27?,28+,30?;;/m1../s1. The number of methoxy groups -OCH3 is 2. The number of halogens is 2. The van der Waals surface area contributed by atoms with Crippen molar-refractivity contribution >= 4 is 36.4 Å². The van der Waals surface area contributed by atoms with Gasteiger partial charge >= 0.3 is 215 Å². The Bertz CT molecular complexity index is 1480. The van der Waals surface area contributed by atoms with Crippen molar-refractivity contribution in [2.45, 2.75) is 38.5 Å². The number of ether oxygens (including phenoxy) is 2. The number of quaternary nitrogens is 1. The van der Waals surface area contributed by atoms with Gasteiger partial charge in [0.05, 0.1) is 12.9 Å². The van der Waals surface area contributed by atoms with Crippen molar-refractivity contribution in [1.29, 1.82) is 0 Å². The van der Waals surface area contributed by atoms with Gasteiger partial charge in [-0.1, -0.05) is 4.47 Å². The first kappa shape index (κ1) is 33.7. The maximum atomic E-state index is 11.8. The van der Waals surface area contributed by atoms with Crippen molar-refractivity contribution in [3.63, 3.8) is 0 Å². The SMILES string of the molecule is [CH-]=C/C(=C1/C=C(C)C=C[C]1=[Ni])[C@H](O)C1CC2CC[N+]1(Cc1cc(OC)ccc1Br)C[C@H]2C=C.[CH2-]c1cc(OC)ccc1Br. The molecule has 0 spiro atoms. The van der Waals surface area contributed by atoms with Crippen LogP contribution in [0.2, 0.25) is 0 Å². The molecule has 7 heteroatoms. The molecular weight excluding hydrogens is 713 g/mol. The monoisotopic (exact) mass is 750 g/mol. The molecule has 6 rings (SSSR count). The zero-order valence-electron chi connectivity index (χ0n) is 25.0. The van der Waals surface area contributed by atoms with Gasteiger partial charge in [-0.05, 0) is 6.07 Å². The van der Waals surface area contributed by atoms with Crippen LogP contribution in [0.5, 0.6) is 11.5 Å². The summed E-state index contributed by atoms with van der Waals surface area (Å²) < 4.78 is 14.1. The molecule has 4 aliphatic rings. The summed E-state index contributed by atoms with van der Waals surface area (Å²) in [5.74, 6) is 2.68. The zero-order valence-corrected chi connectivity index (χ0v) is 29.1. The topological polar surface area (TPSA) is 38.7 Å². The number of fused-ring (bicyclic) bond motifs is 3. The minimum Gasteiger partial charge on any atom is -0.510 e. The average molecular weight is 753 g/mol. The van der Waals surface area contributed by atoms with Gasteiger partial charge in [0.2, 0.25) is 0 Å². The van der Waals surface area contributed by atoms with Gasteiger partial charge in [0.25, 0.3) is 0 Å². The van der Waals surface area contributed by atoms with Crippen LogP contribution in [0, 0.1) is 25.3 Å². The molecule has 0 amide bonds. The molecule has 0 radical (unpaired) electrons. The largest absolute Gasteiger partial charge is 0.510 e. The van der Waals surface area contributed by atoms with E-state index in [-0.39, 0.29) is 6.04 Å². The Kier molecular flexibility index (Phi) is 11.6. The van der Waals surface area contributed by atoms with Crippen molar-refractivity contribution in [2.24, 2.45) is 11.8 Å². The van der Waals surface area contributed by atoms with E-state index < -0.39 is 6.10 Å². The average Bonchev–Trinajstić information content (AvgIpc) is 3.01. The quantitative estimate of drug-likeness (QED) is 0.129. The van der Waals surface area contributed by atoms with Crippen LogP contribution in [-0.2, 0) is 21.6 Å². The molecule has 1 N–H and O–H groups in total. The minimum absolute atomic E-state index is 0.0350. The minimum atomic E-state index is -0.691. The predicted molar refractivity (Wildman–Crippen MR) is 180 cm³/mol. The molecule has 3 aliphatic heterocycles. The van der Waals surface area contributed by atoms with Gasteiger partial charge in [0, 0.05) is 0 Å². The third kappa shape index (κ3) is 7.57. The van der Waals surface area contributed by atoms with Crippen LogP contribution in [-0.4, -0.2) is 53.5 Å². The number of hydrogen-bond donors (Lipinski definition) is 1. The van der Waals surface area contributed by atoms with Gasteiger partial charge in [-0.25, -0.2) is 0 Å². The number of hydrogen-bond acceptors (Lipinski definition) is 3. The first-order valence-electron chi connectivity index (χ1n) is 14.3. The van der Waals surface area contributed by atoms with E-state index >= 15 is 0 Å². The summed E-state index contributed by atoms with van der Waals surface area (Å²) >= 11 is 12.3. The second kappa shape index (κ2) is 14.8. The Morgan fingerprint density at radius 2 is 1.84 bits per heavy atom. The first-order chi connectivity index (χ1) is 20.5. The van der Waals surface area contributed by atoms with E-state index in [4.69, 9.17) is 31.1 Å². The van der Waals surface area contributed by atoms with Crippen LogP contribution in [0.25, 0.3) is 0 Å². The van der Waals surface area contributed by atoms with Crippen LogP contribution < -0.4 is 9.47 Å². The molecule has 2 bridgehead atoms. The van der Waals surface area contributed by atoms with Gasteiger partial charge < -0.3 is 4.74 Å². The Morgan fingerprint density at radius 3 is 2.47 bits per heavy atom. The Morgan fingerprint density at radius 1 is 1.16 bits per heavy atom. The number of aliphatic hydroxyl groups excluding tert-OH is 1. The molecule has 3 fully saturated rings. The Labute approximate surface area is 281 Å². The van der Waals surface area contributed by atoms with Gasteiger partial charge in [-0.3, -0.25) is 0 Å². The van der Waals surface area contributed by atoms with Crippen LogP contribution in [0.1, 0.15) is 30.9 Å². The summed E-state index contributed by atoms with van der Waals surface area (Å²) in [5.41, 5.74) is 4.87. The number of piperidine rings is 3. The molecule has 1 aliphatic carbocycles. The van der Waals surface area contributed by atoms with Crippen molar-refractivity contribution in [3.05, 3.63) is 124 Å². The summed E-state index contributed by atoms with van der Waals surface area (Å²) in [6, 6.07) is 11.8. The van der Waals surface area contributed by atoms with Crippen molar-refractivity contribution in [3.8, 4) is 11.5 Å². The summed E-state index contributed by atoms with van der Waals surface area (Å²) in [7, 11) is 3.34. The molecule has 3 heterocycles. The van der Waals surface area contributed by atoms with E-state index in [1.54, 1.807) is 20.3 Å². The maximum Gasteiger partial charge on any atom is 0.0759 e. The molecule has 2 aromatic rings. The molecule has 43 heavy (non-hydrogen) atoms. The van der Waals surface area contributed by atoms with E-state index in [0.717, 1.165) is 84.2 Å². The van der Waals surface area contributed by atoms with E-state index in [1.807, 2.05) is 55.5 Å². The van der Waals surface area contributed by atoms with Gasteiger partial charge in [0.15, 0.2) is 0 Å². The van der Waals surface area contributed by atoms with Crippen LogP contribution in [0.4, 0.5) is 0 Å². The number of benzene rings is 2. The van der Waals surface area contributed by atoms with Gasteiger partial charge in [0.1, 0.15) is 0 Å². The molecule has 0 saturated carbocycles. The van der Waals surface area contributed by atoms with Crippen molar-refractivity contribution < 1.29 is 34.1 Å². The van der Waals surface area contributed by atoms with Gasteiger partial charge in [-0.15, -0.1) is 28.1 Å². The van der Waals surface area contributed by atoms with E-state index in [0.29, 0.717) is 11.8 Å². The van der Waals surface area contributed by atoms with Crippen molar-refractivity contribution in [1.82, 2.24) is 0 Å². The summed E-state index contributed by atoms with van der Waals surface area (Å²) in [5, 5.41) is 11.8. The first-order valence-corrected chi connectivity index (χ1v) is 16.4. The predicted octanol–water partition coefficient (Wildman–Crippen LogP) is 7.89. The normalized spacial score (nSPS) is 26.1. The third-order valence-corrected chi connectivity index (χ3v) is 10.9. The summed E-state index contributed by atoms with van der Waals surface area (Å²) in [4.78, 5) is 0. The fraction of sp³-hybridized carbons (Fsp3) is 0.333. The number of rotatable bonds is 8. The van der Waals surface area contributed by atoms with Crippen LogP contribution >= 0.6 is 31.9 Å². The molecular formula is C36H40Br2NNiO3-. The molecule has 3 unspecified atom stereocenters. The molecule has 0 aromatic heterocycles. The number of nitrogens with zero attached hydrogens (tertiary/aromatic N) is 1. The zero-order chi connectivity index (χ0) is 31.3.